The number of aryl methyl sites for hydroxylation is 2. The molecular weight excluding hydrogens is 244 g/mol. The first-order valence-electron chi connectivity index (χ1n) is 7.22. The molecule has 0 amide bonds. The summed E-state index contributed by atoms with van der Waals surface area (Å²) in [5.41, 5.74) is 2.54. The van der Waals surface area contributed by atoms with Gasteiger partial charge in [0, 0.05) is 23.6 Å². The van der Waals surface area contributed by atoms with Gasteiger partial charge in [0.25, 0.3) is 0 Å². The molecule has 2 nitrogen and oxygen atoms in total. The molecule has 2 heteroatoms. The molecule has 0 unspecified atom stereocenters. The van der Waals surface area contributed by atoms with E-state index in [-0.39, 0.29) is 0 Å². The Bertz CT molecular complexity index is 730. The van der Waals surface area contributed by atoms with E-state index >= 15 is 0 Å². The second-order valence-corrected chi connectivity index (χ2v) is 5.04. The lowest BCUT2D eigenvalue weighted by Crippen LogP contribution is -2.30. The van der Waals surface area contributed by atoms with Crippen LogP contribution in [-0.2, 0) is 13.1 Å². The fraction of sp³-hybridized carbons (Fsp3) is 0.222. The standard InChI is InChI=1S/C18H20N2/c1-3-19-10-7-16(8-11-19)17-6-5-15-9-12-20(4-2)14-18(15)13-17/h5-14H,3-4H2,1-2H3/q+2. The predicted octanol–water partition coefficient (Wildman–Crippen LogP) is 3.12. The van der Waals surface area contributed by atoms with Gasteiger partial charge in [-0.3, -0.25) is 0 Å². The first kappa shape index (κ1) is 12.8. The van der Waals surface area contributed by atoms with Crippen LogP contribution in [0.15, 0.2) is 61.2 Å². The highest BCUT2D eigenvalue weighted by molar-refractivity contribution is 5.85. The van der Waals surface area contributed by atoms with Crippen LogP contribution in [0, 0.1) is 0 Å². The number of aromatic nitrogens is 2. The molecule has 0 aliphatic heterocycles. The highest BCUT2D eigenvalue weighted by Crippen LogP contribution is 2.22. The molecule has 0 saturated heterocycles. The van der Waals surface area contributed by atoms with Gasteiger partial charge in [0.1, 0.15) is 13.1 Å². The van der Waals surface area contributed by atoms with Gasteiger partial charge in [-0.2, -0.15) is 0 Å². The molecule has 3 rings (SSSR count). The van der Waals surface area contributed by atoms with Crippen molar-refractivity contribution in [3.05, 3.63) is 61.2 Å². The lowest BCUT2D eigenvalue weighted by molar-refractivity contribution is -0.693. The zero-order chi connectivity index (χ0) is 13.9. The second-order valence-electron chi connectivity index (χ2n) is 5.04. The van der Waals surface area contributed by atoms with Crippen LogP contribution < -0.4 is 9.13 Å². The topological polar surface area (TPSA) is 7.76 Å². The van der Waals surface area contributed by atoms with Gasteiger partial charge in [0.2, 0.25) is 0 Å². The third kappa shape index (κ3) is 2.42. The minimum atomic E-state index is 1.00. The van der Waals surface area contributed by atoms with E-state index in [9.17, 15) is 0 Å². The van der Waals surface area contributed by atoms with E-state index in [4.69, 9.17) is 0 Å². The van der Waals surface area contributed by atoms with E-state index in [1.165, 1.54) is 21.9 Å². The van der Waals surface area contributed by atoms with Gasteiger partial charge >= 0.3 is 0 Å². The molecule has 2 aromatic heterocycles. The van der Waals surface area contributed by atoms with Gasteiger partial charge in [-0.1, -0.05) is 12.1 Å². The molecule has 0 N–H and O–H groups in total. The van der Waals surface area contributed by atoms with Crippen LogP contribution in [0.3, 0.4) is 0 Å². The maximum Gasteiger partial charge on any atom is 0.176 e. The number of hydrogen-bond donors (Lipinski definition) is 0. The fourth-order valence-electron chi connectivity index (χ4n) is 2.47. The Morgan fingerprint density at radius 1 is 0.700 bits per heavy atom. The van der Waals surface area contributed by atoms with Crippen LogP contribution in [0.1, 0.15) is 13.8 Å². The second kappa shape index (κ2) is 5.41. The molecule has 0 fully saturated rings. The average Bonchev–Trinajstić information content (AvgIpc) is 2.54. The minimum absolute atomic E-state index is 1.00. The van der Waals surface area contributed by atoms with Crippen molar-refractivity contribution in [2.24, 2.45) is 0 Å². The van der Waals surface area contributed by atoms with E-state index in [1.807, 2.05) is 0 Å². The highest BCUT2D eigenvalue weighted by atomic mass is 14.9. The summed E-state index contributed by atoms with van der Waals surface area (Å²) in [5.74, 6) is 0. The van der Waals surface area contributed by atoms with E-state index in [2.05, 4.69) is 84.2 Å². The smallest absolute Gasteiger partial charge is 0.176 e. The maximum absolute atomic E-state index is 2.27. The van der Waals surface area contributed by atoms with E-state index < -0.39 is 0 Å². The fourth-order valence-corrected chi connectivity index (χ4v) is 2.47. The van der Waals surface area contributed by atoms with Crippen LogP contribution >= 0.6 is 0 Å². The Morgan fingerprint density at radius 3 is 2.10 bits per heavy atom. The summed E-state index contributed by atoms with van der Waals surface area (Å²) in [6.07, 6.45) is 8.62. The molecule has 1 aromatic carbocycles. The first-order chi connectivity index (χ1) is 9.80. The van der Waals surface area contributed by atoms with Crippen LogP contribution in [0.25, 0.3) is 21.9 Å². The van der Waals surface area contributed by atoms with Crippen LogP contribution in [0.5, 0.6) is 0 Å². The van der Waals surface area contributed by atoms with Crippen molar-refractivity contribution in [1.82, 2.24) is 0 Å². The normalized spacial score (nSPS) is 10.9. The van der Waals surface area contributed by atoms with Crippen LogP contribution in [0.4, 0.5) is 0 Å². The molecule has 100 valence electrons. The third-order valence-corrected chi connectivity index (χ3v) is 3.79. The number of nitrogens with zero attached hydrogens (tertiary/aromatic N) is 2. The Morgan fingerprint density at radius 2 is 1.40 bits per heavy atom. The molecule has 3 aromatic rings. The van der Waals surface area contributed by atoms with Crippen molar-refractivity contribution in [2.75, 3.05) is 0 Å². The van der Waals surface area contributed by atoms with Gasteiger partial charge in [0.05, 0.1) is 0 Å². The molecule has 0 saturated carbocycles. The van der Waals surface area contributed by atoms with Gasteiger partial charge in [-0.15, -0.1) is 0 Å². The van der Waals surface area contributed by atoms with Gasteiger partial charge in [-0.05, 0) is 36.4 Å². The van der Waals surface area contributed by atoms with Crippen molar-refractivity contribution < 1.29 is 9.13 Å². The lowest BCUT2D eigenvalue weighted by Gasteiger charge is -2.03. The summed E-state index contributed by atoms with van der Waals surface area (Å²) in [6, 6.07) is 13.2. The number of fused-ring (bicyclic) bond motifs is 1. The van der Waals surface area contributed by atoms with E-state index in [1.54, 1.807) is 0 Å². The van der Waals surface area contributed by atoms with Gasteiger partial charge < -0.3 is 0 Å². The molecule has 0 aliphatic rings. The van der Waals surface area contributed by atoms with E-state index in [0.717, 1.165) is 13.1 Å². The monoisotopic (exact) mass is 264 g/mol. The van der Waals surface area contributed by atoms with Crippen LogP contribution in [-0.4, -0.2) is 0 Å². The molecule has 20 heavy (non-hydrogen) atoms. The Balaban J connectivity index is 2.06. The summed E-state index contributed by atoms with van der Waals surface area (Å²) in [6.45, 7) is 6.33. The summed E-state index contributed by atoms with van der Waals surface area (Å²) < 4.78 is 4.39. The molecule has 0 spiro atoms. The van der Waals surface area contributed by atoms with Crippen molar-refractivity contribution in [2.45, 2.75) is 26.9 Å². The summed E-state index contributed by atoms with van der Waals surface area (Å²) in [5, 5.41) is 2.58. The van der Waals surface area contributed by atoms with Gasteiger partial charge in [0.15, 0.2) is 24.8 Å². The van der Waals surface area contributed by atoms with Crippen LogP contribution in [0.2, 0.25) is 0 Å². The third-order valence-electron chi connectivity index (χ3n) is 3.79. The SMILES string of the molecule is CC[n+]1ccc(-c2ccc3cc[n+](CC)cc3c2)cc1. The zero-order valence-corrected chi connectivity index (χ0v) is 12.1. The number of hydrogen-bond acceptors (Lipinski definition) is 0. The predicted molar refractivity (Wildman–Crippen MR) is 81.1 cm³/mol. The Kier molecular flexibility index (Phi) is 3.46. The largest absolute Gasteiger partial charge is 0.205 e. The molecule has 0 bridgehead atoms. The van der Waals surface area contributed by atoms with Gasteiger partial charge in [-0.25, -0.2) is 9.13 Å². The molecule has 0 aliphatic carbocycles. The van der Waals surface area contributed by atoms with Crippen molar-refractivity contribution in [3.8, 4) is 11.1 Å². The number of pyridine rings is 2. The summed E-state index contributed by atoms with van der Waals surface area (Å²) in [7, 11) is 0. The van der Waals surface area contributed by atoms with Crippen molar-refractivity contribution in [3.63, 3.8) is 0 Å². The summed E-state index contributed by atoms with van der Waals surface area (Å²) >= 11 is 0. The van der Waals surface area contributed by atoms with E-state index in [0.29, 0.717) is 0 Å². The molecule has 0 radical (unpaired) electrons. The lowest BCUT2D eigenvalue weighted by atomic mass is 10.0. The highest BCUT2D eigenvalue weighted by Gasteiger charge is 2.05. The molecule has 2 heterocycles. The average molecular weight is 264 g/mol. The summed E-state index contributed by atoms with van der Waals surface area (Å²) in [4.78, 5) is 0. The zero-order valence-electron chi connectivity index (χ0n) is 12.1. The Labute approximate surface area is 119 Å². The maximum atomic E-state index is 2.27. The number of benzene rings is 1. The van der Waals surface area contributed by atoms with Crippen molar-refractivity contribution >= 4 is 10.8 Å². The molecule has 0 atom stereocenters. The Hall–Kier alpha value is -2.22. The van der Waals surface area contributed by atoms with Crippen molar-refractivity contribution in [1.29, 1.82) is 0 Å². The minimum Gasteiger partial charge on any atom is -0.205 e. The first-order valence-corrected chi connectivity index (χ1v) is 7.22. The quantitative estimate of drug-likeness (QED) is 0.642. The number of rotatable bonds is 3. The molecular formula is C18H20N2+2.